The number of hydrogen-bond acceptors (Lipinski definition) is 4. The van der Waals surface area contributed by atoms with Gasteiger partial charge in [0.2, 0.25) is 5.91 Å². The highest BCUT2D eigenvalue weighted by Gasteiger charge is 2.32. The summed E-state index contributed by atoms with van der Waals surface area (Å²) in [5.74, 6) is -0.250. The minimum atomic E-state index is -0.250. The average Bonchev–Trinajstić information content (AvgIpc) is 3.10. The lowest BCUT2D eigenvalue weighted by molar-refractivity contribution is -0.119. The molecular formula is C11H22N4O. The molecule has 5 nitrogen and oxygen atoms in total. The fourth-order valence-corrected chi connectivity index (χ4v) is 2.50. The Morgan fingerprint density at radius 1 is 1.25 bits per heavy atom. The molecule has 0 aromatic carbocycles. The van der Waals surface area contributed by atoms with Crippen molar-refractivity contribution in [3.05, 3.63) is 0 Å². The predicted molar refractivity (Wildman–Crippen MR) is 62.8 cm³/mol. The summed E-state index contributed by atoms with van der Waals surface area (Å²) in [6.07, 6.45) is 3.11. The summed E-state index contributed by atoms with van der Waals surface area (Å²) in [4.78, 5) is 15.8. The van der Waals surface area contributed by atoms with Gasteiger partial charge in [0.1, 0.15) is 0 Å². The maximum absolute atomic E-state index is 10.9. The molecule has 16 heavy (non-hydrogen) atoms. The molecule has 1 aliphatic heterocycles. The van der Waals surface area contributed by atoms with Gasteiger partial charge >= 0.3 is 0 Å². The Morgan fingerprint density at radius 2 is 1.88 bits per heavy atom. The van der Waals surface area contributed by atoms with Crippen molar-refractivity contribution in [1.29, 1.82) is 0 Å². The SMILES string of the molecule is NCC(CC(N)=O)N1CCN(C2CC2)CC1. The van der Waals surface area contributed by atoms with E-state index in [0.29, 0.717) is 13.0 Å². The molecule has 2 fully saturated rings. The van der Waals surface area contributed by atoms with Crippen LogP contribution in [0.3, 0.4) is 0 Å². The minimum Gasteiger partial charge on any atom is -0.370 e. The molecule has 5 heteroatoms. The van der Waals surface area contributed by atoms with Crippen LogP contribution in [0.5, 0.6) is 0 Å². The van der Waals surface area contributed by atoms with Crippen LogP contribution in [0.2, 0.25) is 0 Å². The molecule has 1 unspecified atom stereocenters. The highest BCUT2D eigenvalue weighted by molar-refractivity contribution is 5.74. The molecule has 2 aliphatic rings. The van der Waals surface area contributed by atoms with Crippen molar-refractivity contribution < 1.29 is 4.79 Å². The maximum Gasteiger partial charge on any atom is 0.219 e. The number of carbonyl (C=O) groups is 1. The van der Waals surface area contributed by atoms with E-state index in [4.69, 9.17) is 11.5 Å². The lowest BCUT2D eigenvalue weighted by atomic mass is 10.1. The summed E-state index contributed by atoms with van der Waals surface area (Å²) in [5, 5.41) is 0. The second-order valence-corrected chi connectivity index (χ2v) is 4.86. The molecule has 0 aromatic rings. The Balaban J connectivity index is 1.78. The standard InChI is InChI=1S/C11H22N4O/c12-8-10(7-11(13)16)15-5-3-14(4-6-15)9-1-2-9/h9-10H,1-8,12H2,(H2,13,16). The van der Waals surface area contributed by atoms with Crippen LogP contribution in [-0.2, 0) is 4.79 Å². The third kappa shape index (κ3) is 2.93. The lowest BCUT2D eigenvalue weighted by Gasteiger charge is -2.38. The van der Waals surface area contributed by atoms with Crippen molar-refractivity contribution in [2.45, 2.75) is 31.3 Å². The van der Waals surface area contributed by atoms with Crippen LogP contribution < -0.4 is 11.5 Å². The normalized spacial score (nSPS) is 25.6. The summed E-state index contributed by atoms with van der Waals surface area (Å²) >= 11 is 0. The Labute approximate surface area is 96.7 Å². The number of hydrogen-bond donors (Lipinski definition) is 2. The van der Waals surface area contributed by atoms with Gasteiger partial charge in [-0.15, -0.1) is 0 Å². The number of nitrogens with two attached hydrogens (primary N) is 2. The summed E-state index contributed by atoms with van der Waals surface area (Å²) in [7, 11) is 0. The van der Waals surface area contributed by atoms with Crippen molar-refractivity contribution in [3.63, 3.8) is 0 Å². The van der Waals surface area contributed by atoms with Gasteiger partial charge in [-0.3, -0.25) is 14.6 Å². The van der Waals surface area contributed by atoms with Gasteiger partial charge in [0.25, 0.3) is 0 Å². The maximum atomic E-state index is 10.9. The van der Waals surface area contributed by atoms with E-state index in [0.717, 1.165) is 32.2 Å². The molecule has 0 spiro atoms. The van der Waals surface area contributed by atoms with Crippen molar-refractivity contribution in [3.8, 4) is 0 Å². The van der Waals surface area contributed by atoms with E-state index in [1.54, 1.807) is 0 Å². The number of primary amides is 1. The molecule has 2 rings (SSSR count). The van der Waals surface area contributed by atoms with Crippen molar-refractivity contribution >= 4 is 5.91 Å². The average molecular weight is 226 g/mol. The van der Waals surface area contributed by atoms with Crippen LogP contribution in [0, 0.1) is 0 Å². The first-order valence-electron chi connectivity index (χ1n) is 6.17. The second kappa shape index (κ2) is 5.12. The highest BCUT2D eigenvalue weighted by atomic mass is 16.1. The molecule has 4 N–H and O–H groups in total. The smallest absolute Gasteiger partial charge is 0.219 e. The van der Waals surface area contributed by atoms with Gasteiger partial charge in [-0.05, 0) is 12.8 Å². The Bertz CT molecular complexity index is 246. The zero-order valence-corrected chi connectivity index (χ0v) is 9.77. The summed E-state index contributed by atoms with van der Waals surface area (Å²) in [6, 6.07) is 0.980. The zero-order valence-electron chi connectivity index (χ0n) is 9.77. The summed E-state index contributed by atoms with van der Waals surface area (Å²) in [5.41, 5.74) is 10.9. The van der Waals surface area contributed by atoms with Gasteiger partial charge in [-0.2, -0.15) is 0 Å². The van der Waals surface area contributed by atoms with E-state index in [-0.39, 0.29) is 11.9 Å². The quantitative estimate of drug-likeness (QED) is 0.628. The third-order valence-electron chi connectivity index (χ3n) is 3.64. The monoisotopic (exact) mass is 226 g/mol. The first kappa shape index (κ1) is 11.8. The van der Waals surface area contributed by atoms with Crippen LogP contribution in [0.15, 0.2) is 0 Å². The van der Waals surface area contributed by atoms with E-state index < -0.39 is 0 Å². The third-order valence-corrected chi connectivity index (χ3v) is 3.64. The minimum absolute atomic E-state index is 0.138. The van der Waals surface area contributed by atoms with Gasteiger partial charge in [0.05, 0.1) is 0 Å². The van der Waals surface area contributed by atoms with E-state index in [1.165, 1.54) is 12.8 Å². The van der Waals surface area contributed by atoms with Crippen LogP contribution >= 0.6 is 0 Å². The molecule has 0 radical (unpaired) electrons. The number of rotatable bonds is 5. The first-order valence-corrected chi connectivity index (χ1v) is 6.17. The van der Waals surface area contributed by atoms with Gasteiger partial charge in [-0.1, -0.05) is 0 Å². The molecule has 92 valence electrons. The number of piperazine rings is 1. The molecular weight excluding hydrogens is 204 g/mol. The number of nitrogens with zero attached hydrogens (tertiary/aromatic N) is 2. The van der Waals surface area contributed by atoms with Gasteiger partial charge in [0, 0.05) is 51.2 Å². The van der Waals surface area contributed by atoms with Gasteiger partial charge in [0.15, 0.2) is 0 Å². The second-order valence-electron chi connectivity index (χ2n) is 4.86. The van der Waals surface area contributed by atoms with Gasteiger partial charge in [-0.25, -0.2) is 0 Å². The van der Waals surface area contributed by atoms with Crippen LogP contribution in [0.4, 0.5) is 0 Å². The van der Waals surface area contributed by atoms with Crippen molar-refractivity contribution in [2.24, 2.45) is 11.5 Å². The molecule has 1 amide bonds. The van der Waals surface area contributed by atoms with Crippen molar-refractivity contribution in [2.75, 3.05) is 32.7 Å². The van der Waals surface area contributed by atoms with E-state index in [2.05, 4.69) is 9.80 Å². The fraction of sp³-hybridized carbons (Fsp3) is 0.909. The van der Waals surface area contributed by atoms with Crippen LogP contribution in [-0.4, -0.2) is 60.5 Å². The van der Waals surface area contributed by atoms with E-state index in [1.807, 2.05) is 0 Å². The highest BCUT2D eigenvalue weighted by Crippen LogP contribution is 2.27. The summed E-state index contributed by atoms with van der Waals surface area (Å²) in [6.45, 7) is 4.78. The van der Waals surface area contributed by atoms with Gasteiger partial charge < -0.3 is 11.5 Å². The van der Waals surface area contributed by atoms with E-state index in [9.17, 15) is 4.79 Å². The topological polar surface area (TPSA) is 75.6 Å². The number of amides is 1. The van der Waals surface area contributed by atoms with Crippen LogP contribution in [0.1, 0.15) is 19.3 Å². The molecule has 1 heterocycles. The zero-order chi connectivity index (χ0) is 11.5. The molecule has 1 saturated heterocycles. The largest absolute Gasteiger partial charge is 0.370 e. The number of carbonyl (C=O) groups excluding carboxylic acids is 1. The molecule has 0 aromatic heterocycles. The lowest BCUT2D eigenvalue weighted by Crippen LogP contribution is -2.53. The van der Waals surface area contributed by atoms with Crippen molar-refractivity contribution in [1.82, 2.24) is 9.80 Å². The Kier molecular flexibility index (Phi) is 3.78. The summed E-state index contributed by atoms with van der Waals surface area (Å²) < 4.78 is 0. The first-order chi connectivity index (χ1) is 7.70. The molecule has 0 bridgehead atoms. The molecule has 1 aliphatic carbocycles. The fourth-order valence-electron chi connectivity index (χ4n) is 2.50. The van der Waals surface area contributed by atoms with E-state index >= 15 is 0 Å². The van der Waals surface area contributed by atoms with Crippen LogP contribution in [0.25, 0.3) is 0 Å². The predicted octanol–water partition coefficient (Wildman–Crippen LogP) is -1.03. The Hall–Kier alpha value is -0.650. The molecule has 1 saturated carbocycles. The Morgan fingerprint density at radius 3 is 2.31 bits per heavy atom. The molecule has 1 atom stereocenters.